The number of carbonyl (C=O) groups is 2. The van der Waals surface area contributed by atoms with Crippen molar-refractivity contribution >= 4 is 35.4 Å². The summed E-state index contributed by atoms with van der Waals surface area (Å²) in [6.45, 7) is 3.73. The minimum Gasteiger partial charge on any atom is -0.426 e. The average Bonchev–Trinajstić information content (AvgIpc) is 3.00. The molecule has 1 aliphatic rings. The van der Waals surface area contributed by atoms with Gasteiger partial charge in [0.05, 0.1) is 12.5 Å². The molecule has 0 bridgehead atoms. The first-order valence-corrected chi connectivity index (χ1v) is 9.59. The molecule has 2 atom stereocenters. The second-order valence-corrected chi connectivity index (χ2v) is 7.78. The van der Waals surface area contributed by atoms with Crippen molar-refractivity contribution in [2.24, 2.45) is 5.92 Å². The zero-order valence-electron chi connectivity index (χ0n) is 15.4. The number of rotatable bonds is 8. The van der Waals surface area contributed by atoms with Crippen molar-refractivity contribution in [3.63, 3.8) is 0 Å². The van der Waals surface area contributed by atoms with Crippen LogP contribution in [0.3, 0.4) is 0 Å². The van der Waals surface area contributed by atoms with Gasteiger partial charge in [-0.25, -0.2) is 4.98 Å². The van der Waals surface area contributed by atoms with Gasteiger partial charge in [0, 0.05) is 11.9 Å². The molecule has 2 rings (SSSR count). The lowest BCUT2D eigenvalue weighted by atomic mass is 9.75. The molecule has 0 saturated carbocycles. The molecule has 0 aromatic carbocycles. The van der Waals surface area contributed by atoms with Crippen LogP contribution < -0.4 is 15.5 Å². The molecule has 4 N–H and O–H groups in total. The van der Waals surface area contributed by atoms with Crippen LogP contribution in [0.1, 0.15) is 32.4 Å². The molecule has 28 heavy (non-hydrogen) atoms. The number of anilines is 1. The van der Waals surface area contributed by atoms with E-state index in [4.69, 9.17) is 0 Å². The van der Waals surface area contributed by atoms with Gasteiger partial charge in [-0.05, 0) is 18.8 Å². The summed E-state index contributed by atoms with van der Waals surface area (Å²) < 4.78 is 38.0. The number of thiazole rings is 1. The van der Waals surface area contributed by atoms with Gasteiger partial charge in [-0.15, -0.1) is 11.3 Å². The van der Waals surface area contributed by atoms with E-state index in [9.17, 15) is 32.8 Å². The van der Waals surface area contributed by atoms with Gasteiger partial charge < -0.3 is 25.6 Å². The lowest BCUT2D eigenvalue weighted by molar-refractivity contribution is -0.140. The van der Waals surface area contributed by atoms with Gasteiger partial charge in [0.15, 0.2) is 10.8 Å². The van der Waals surface area contributed by atoms with Crippen molar-refractivity contribution in [2.45, 2.75) is 44.8 Å². The number of carbonyl (C=O) groups excluding carboxylic acids is 2. The third-order valence-corrected chi connectivity index (χ3v) is 5.08. The van der Waals surface area contributed by atoms with Gasteiger partial charge in [-0.3, -0.25) is 9.59 Å². The van der Waals surface area contributed by atoms with E-state index in [1.807, 2.05) is 13.8 Å². The van der Waals surface area contributed by atoms with Crippen molar-refractivity contribution < 1.29 is 32.8 Å². The fraction of sp³-hybridized carbons (Fsp3) is 0.667. The molecule has 0 radical (unpaired) electrons. The highest BCUT2D eigenvalue weighted by atomic mass is 32.1. The third-order valence-electron chi connectivity index (χ3n) is 4.21. The van der Waals surface area contributed by atoms with Gasteiger partial charge in [-0.1, -0.05) is 13.8 Å². The molecule has 8 nitrogen and oxygen atoms in total. The van der Waals surface area contributed by atoms with Crippen molar-refractivity contribution in [3.05, 3.63) is 11.1 Å². The van der Waals surface area contributed by atoms with Crippen molar-refractivity contribution in [1.82, 2.24) is 15.6 Å². The molecule has 2 heterocycles. The number of nitrogens with one attached hydrogen (secondary N) is 2. The lowest BCUT2D eigenvalue weighted by Gasteiger charge is -2.39. The Labute approximate surface area is 164 Å². The van der Waals surface area contributed by atoms with Crippen molar-refractivity contribution in [2.75, 3.05) is 18.0 Å². The lowest BCUT2D eigenvalue weighted by Crippen LogP contribution is -2.58. The Morgan fingerprint density at radius 1 is 1.43 bits per heavy atom. The second kappa shape index (κ2) is 9.10. The molecule has 1 aliphatic heterocycles. The fourth-order valence-corrected chi connectivity index (χ4v) is 3.63. The first-order valence-electron chi connectivity index (χ1n) is 8.71. The Hall–Kier alpha value is -1.86. The van der Waals surface area contributed by atoms with Crippen LogP contribution in [-0.2, 0) is 15.8 Å². The molecule has 2 amide bonds. The standard InChI is InChI=1S/C15H22BF3N4O4S/c1-8(2)5-11(16(26)27)22-12(24)6-20-13(25)9-3-4-23(9)14-21-10(7-28-14)15(17,18)19/h7-9,11,26-27H,3-6H2,1-2H3,(H,20,25)(H,22,24). The minimum absolute atomic E-state index is 0.101. The number of alkyl halides is 3. The number of aromatic nitrogens is 1. The molecule has 2 unspecified atom stereocenters. The van der Waals surface area contributed by atoms with Crippen molar-refractivity contribution in [3.8, 4) is 0 Å². The van der Waals surface area contributed by atoms with E-state index >= 15 is 0 Å². The molecular formula is C15H22BF3N4O4S. The fourth-order valence-electron chi connectivity index (χ4n) is 2.72. The van der Waals surface area contributed by atoms with Gasteiger partial charge in [-0.2, -0.15) is 13.2 Å². The summed E-state index contributed by atoms with van der Waals surface area (Å²) in [6.07, 6.45) is -3.77. The number of halogens is 3. The molecule has 13 heteroatoms. The number of hydrogen-bond donors (Lipinski definition) is 4. The van der Waals surface area contributed by atoms with Crippen LogP contribution in [0, 0.1) is 5.92 Å². The topological polar surface area (TPSA) is 115 Å². The van der Waals surface area contributed by atoms with E-state index in [-0.39, 0.29) is 17.6 Å². The van der Waals surface area contributed by atoms with Gasteiger partial charge in [0.2, 0.25) is 11.8 Å². The largest absolute Gasteiger partial charge is 0.475 e. The maximum atomic E-state index is 12.7. The van der Waals surface area contributed by atoms with Crippen LogP contribution in [-0.4, -0.2) is 59.0 Å². The highest BCUT2D eigenvalue weighted by Gasteiger charge is 2.39. The van der Waals surface area contributed by atoms with E-state index in [0.29, 0.717) is 19.4 Å². The van der Waals surface area contributed by atoms with Crippen LogP contribution >= 0.6 is 11.3 Å². The molecular weight excluding hydrogens is 400 g/mol. The SMILES string of the molecule is CC(C)CC(NC(=O)CNC(=O)C1CCN1c1nc(C(F)(F)F)cs1)B(O)O. The molecule has 0 aliphatic carbocycles. The van der Waals surface area contributed by atoms with Crippen LogP contribution in [0.4, 0.5) is 18.3 Å². The van der Waals surface area contributed by atoms with Gasteiger partial charge in [0.1, 0.15) is 6.04 Å². The second-order valence-electron chi connectivity index (χ2n) is 6.95. The quantitative estimate of drug-likeness (QED) is 0.451. The Balaban J connectivity index is 1.86. The van der Waals surface area contributed by atoms with Crippen LogP contribution in [0.5, 0.6) is 0 Å². The molecule has 1 fully saturated rings. The minimum atomic E-state index is -4.54. The molecule has 1 aromatic heterocycles. The Kier molecular flexibility index (Phi) is 7.29. The Bertz CT molecular complexity index is 701. The van der Waals surface area contributed by atoms with E-state index < -0.39 is 42.8 Å². The molecule has 1 saturated heterocycles. The highest BCUT2D eigenvalue weighted by Crippen LogP contribution is 2.35. The number of amides is 2. The van der Waals surface area contributed by atoms with E-state index in [0.717, 1.165) is 16.7 Å². The molecule has 0 spiro atoms. The predicted molar refractivity (Wildman–Crippen MR) is 97.5 cm³/mol. The summed E-state index contributed by atoms with van der Waals surface area (Å²) in [7, 11) is -1.73. The maximum absolute atomic E-state index is 12.7. The van der Waals surface area contributed by atoms with E-state index in [2.05, 4.69) is 15.6 Å². The van der Waals surface area contributed by atoms with Crippen molar-refractivity contribution in [1.29, 1.82) is 0 Å². The van der Waals surface area contributed by atoms with Crippen LogP contribution in [0.2, 0.25) is 0 Å². The van der Waals surface area contributed by atoms with Crippen LogP contribution in [0.25, 0.3) is 0 Å². The first-order chi connectivity index (χ1) is 13.0. The van der Waals surface area contributed by atoms with E-state index in [1.165, 1.54) is 4.90 Å². The number of nitrogens with zero attached hydrogens (tertiary/aromatic N) is 2. The normalized spacial score (nSPS) is 17.9. The van der Waals surface area contributed by atoms with E-state index in [1.54, 1.807) is 0 Å². The predicted octanol–water partition coefficient (Wildman–Crippen LogP) is 0.400. The monoisotopic (exact) mass is 422 g/mol. The zero-order chi connectivity index (χ0) is 21.1. The molecule has 156 valence electrons. The summed E-state index contributed by atoms with van der Waals surface area (Å²) in [5.74, 6) is -1.84. The summed E-state index contributed by atoms with van der Waals surface area (Å²) in [6, 6.07) is -0.699. The third kappa shape index (κ3) is 5.82. The summed E-state index contributed by atoms with van der Waals surface area (Å²) in [5, 5.41) is 24.5. The summed E-state index contributed by atoms with van der Waals surface area (Å²) >= 11 is 0.803. The smallest absolute Gasteiger partial charge is 0.426 e. The van der Waals surface area contributed by atoms with Gasteiger partial charge in [0.25, 0.3) is 0 Å². The maximum Gasteiger partial charge on any atom is 0.475 e. The molecule has 1 aromatic rings. The Morgan fingerprint density at radius 3 is 2.57 bits per heavy atom. The summed E-state index contributed by atoms with van der Waals surface area (Å²) in [4.78, 5) is 29.2. The highest BCUT2D eigenvalue weighted by molar-refractivity contribution is 7.13. The van der Waals surface area contributed by atoms with Crippen LogP contribution in [0.15, 0.2) is 5.38 Å². The summed E-state index contributed by atoms with van der Waals surface area (Å²) in [5.41, 5.74) is -1.00. The Morgan fingerprint density at radius 2 is 2.11 bits per heavy atom. The zero-order valence-corrected chi connectivity index (χ0v) is 16.2. The number of hydrogen-bond acceptors (Lipinski definition) is 7. The average molecular weight is 422 g/mol. The first kappa shape index (κ1) is 22.4. The van der Waals surface area contributed by atoms with Gasteiger partial charge >= 0.3 is 13.3 Å².